The zero-order valence-corrected chi connectivity index (χ0v) is 9.73. The Morgan fingerprint density at radius 1 is 1.25 bits per heavy atom. The smallest absolute Gasteiger partial charge is 0.0874 e. The Hall–Kier alpha value is -0.900. The lowest BCUT2D eigenvalue weighted by Crippen LogP contribution is -2.08. The average Bonchev–Trinajstić information content (AvgIpc) is 3.18. The van der Waals surface area contributed by atoms with Crippen LogP contribution in [-0.4, -0.2) is 21.5 Å². The molecule has 0 unspecified atom stereocenters. The van der Waals surface area contributed by atoms with E-state index >= 15 is 0 Å². The topological polar surface area (TPSA) is 56.7 Å². The molecule has 4 heteroatoms. The predicted molar refractivity (Wildman–Crippen MR) is 62.1 cm³/mol. The first-order valence-corrected chi connectivity index (χ1v) is 6.51. The molecular formula is C12H20N4. The maximum atomic E-state index is 5.61. The van der Waals surface area contributed by atoms with Crippen LogP contribution in [0, 0.1) is 5.92 Å². The van der Waals surface area contributed by atoms with Crippen molar-refractivity contribution in [3.63, 3.8) is 0 Å². The molecule has 2 saturated carbocycles. The number of rotatable bonds is 6. The first-order valence-electron chi connectivity index (χ1n) is 6.51. The molecule has 0 atom stereocenters. The van der Waals surface area contributed by atoms with Crippen molar-refractivity contribution in [2.75, 3.05) is 6.54 Å². The molecule has 16 heavy (non-hydrogen) atoms. The van der Waals surface area contributed by atoms with E-state index in [1.807, 2.05) is 0 Å². The SMILES string of the molecule is NCCc1nnn(CCC2CC2)c1C1CC1. The van der Waals surface area contributed by atoms with Crippen molar-refractivity contribution in [2.45, 2.75) is 51.0 Å². The van der Waals surface area contributed by atoms with Gasteiger partial charge in [-0.05, 0) is 31.7 Å². The highest BCUT2D eigenvalue weighted by Gasteiger charge is 2.31. The van der Waals surface area contributed by atoms with Crippen molar-refractivity contribution >= 4 is 0 Å². The lowest BCUT2D eigenvalue weighted by Gasteiger charge is -2.06. The largest absolute Gasteiger partial charge is 0.330 e. The molecule has 3 rings (SSSR count). The molecule has 0 saturated heterocycles. The zero-order chi connectivity index (χ0) is 11.0. The van der Waals surface area contributed by atoms with Crippen molar-refractivity contribution in [3.05, 3.63) is 11.4 Å². The number of nitrogens with zero attached hydrogens (tertiary/aromatic N) is 3. The minimum Gasteiger partial charge on any atom is -0.330 e. The Morgan fingerprint density at radius 2 is 2.06 bits per heavy atom. The summed E-state index contributed by atoms with van der Waals surface area (Å²) in [6.07, 6.45) is 7.63. The Balaban J connectivity index is 1.73. The highest BCUT2D eigenvalue weighted by molar-refractivity contribution is 5.20. The first-order chi connectivity index (χ1) is 7.88. The second kappa shape index (κ2) is 4.17. The van der Waals surface area contributed by atoms with Gasteiger partial charge in [-0.3, -0.25) is 0 Å². The highest BCUT2D eigenvalue weighted by Crippen LogP contribution is 2.41. The number of aryl methyl sites for hydroxylation is 1. The molecule has 2 aliphatic rings. The standard InChI is InChI=1S/C12H20N4/c13-7-5-11-12(10-3-4-10)16(15-14-11)8-6-9-1-2-9/h9-10H,1-8,13H2. The molecule has 1 heterocycles. The van der Waals surface area contributed by atoms with Gasteiger partial charge in [-0.2, -0.15) is 0 Å². The lowest BCUT2D eigenvalue weighted by molar-refractivity contribution is 0.514. The minimum atomic E-state index is 0.682. The summed E-state index contributed by atoms with van der Waals surface area (Å²) in [6.45, 7) is 1.75. The normalized spacial score (nSPS) is 20.3. The van der Waals surface area contributed by atoms with E-state index in [0.29, 0.717) is 6.54 Å². The summed E-state index contributed by atoms with van der Waals surface area (Å²) >= 11 is 0. The van der Waals surface area contributed by atoms with Crippen molar-refractivity contribution in [2.24, 2.45) is 11.7 Å². The molecule has 1 aromatic heterocycles. The molecule has 4 nitrogen and oxygen atoms in total. The number of aromatic nitrogens is 3. The van der Waals surface area contributed by atoms with Gasteiger partial charge in [0, 0.05) is 18.9 Å². The van der Waals surface area contributed by atoms with Crippen LogP contribution in [0.1, 0.15) is 49.4 Å². The van der Waals surface area contributed by atoms with Crippen LogP contribution < -0.4 is 5.73 Å². The second-order valence-corrected chi connectivity index (χ2v) is 5.19. The van der Waals surface area contributed by atoms with E-state index in [9.17, 15) is 0 Å². The fourth-order valence-corrected chi connectivity index (χ4v) is 2.35. The quantitative estimate of drug-likeness (QED) is 0.789. The number of nitrogens with two attached hydrogens (primary N) is 1. The zero-order valence-electron chi connectivity index (χ0n) is 9.73. The monoisotopic (exact) mass is 220 g/mol. The van der Waals surface area contributed by atoms with E-state index in [4.69, 9.17) is 5.73 Å². The molecule has 0 radical (unpaired) electrons. The summed E-state index contributed by atoms with van der Waals surface area (Å²) in [5.41, 5.74) is 8.16. The molecule has 2 N–H and O–H groups in total. The van der Waals surface area contributed by atoms with Crippen molar-refractivity contribution in [1.29, 1.82) is 0 Å². The van der Waals surface area contributed by atoms with Crippen molar-refractivity contribution in [1.82, 2.24) is 15.0 Å². The third-order valence-corrected chi connectivity index (χ3v) is 3.64. The van der Waals surface area contributed by atoms with Gasteiger partial charge >= 0.3 is 0 Å². The van der Waals surface area contributed by atoms with Crippen molar-refractivity contribution in [3.8, 4) is 0 Å². The van der Waals surface area contributed by atoms with Gasteiger partial charge in [-0.25, -0.2) is 4.68 Å². The first kappa shape index (κ1) is 10.3. The third-order valence-electron chi connectivity index (χ3n) is 3.64. The Kier molecular flexibility index (Phi) is 2.67. The van der Waals surface area contributed by atoms with Gasteiger partial charge in [-0.1, -0.05) is 18.1 Å². The molecule has 0 bridgehead atoms. The summed E-state index contributed by atoms with van der Waals surface area (Å²) in [6, 6.07) is 0. The van der Waals surface area contributed by atoms with Gasteiger partial charge in [-0.15, -0.1) is 5.10 Å². The Morgan fingerprint density at radius 3 is 2.69 bits per heavy atom. The van der Waals surface area contributed by atoms with E-state index in [1.165, 1.54) is 37.8 Å². The lowest BCUT2D eigenvalue weighted by atomic mass is 10.1. The van der Waals surface area contributed by atoms with Gasteiger partial charge in [0.25, 0.3) is 0 Å². The molecule has 1 aromatic rings. The maximum Gasteiger partial charge on any atom is 0.0874 e. The fraction of sp³-hybridized carbons (Fsp3) is 0.833. The highest BCUT2D eigenvalue weighted by atomic mass is 15.4. The van der Waals surface area contributed by atoms with Crippen LogP contribution >= 0.6 is 0 Å². The maximum absolute atomic E-state index is 5.61. The number of hydrogen-bond acceptors (Lipinski definition) is 3. The van der Waals surface area contributed by atoms with Crippen LogP contribution in [0.15, 0.2) is 0 Å². The molecule has 88 valence electrons. The molecule has 0 amide bonds. The molecule has 2 fully saturated rings. The van der Waals surface area contributed by atoms with Gasteiger partial charge in [0.15, 0.2) is 0 Å². The van der Waals surface area contributed by atoms with Gasteiger partial charge in [0.05, 0.1) is 11.4 Å². The third kappa shape index (κ3) is 2.12. The minimum absolute atomic E-state index is 0.682. The van der Waals surface area contributed by atoms with E-state index in [-0.39, 0.29) is 0 Å². The van der Waals surface area contributed by atoms with E-state index < -0.39 is 0 Å². The molecule has 2 aliphatic carbocycles. The second-order valence-electron chi connectivity index (χ2n) is 5.19. The van der Waals surface area contributed by atoms with E-state index in [1.54, 1.807) is 0 Å². The van der Waals surface area contributed by atoms with Crippen LogP contribution in [0.3, 0.4) is 0 Å². The van der Waals surface area contributed by atoms with Crippen LogP contribution in [0.25, 0.3) is 0 Å². The van der Waals surface area contributed by atoms with Gasteiger partial charge in [0.1, 0.15) is 0 Å². The number of hydrogen-bond donors (Lipinski definition) is 1. The van der Waals surface area contributed by atoms with Crippen LogP contribution in [-0.2, 0) is 13.0 Å². The molecule has 0 aromatic carbocycles. The summed E-state index contributed by atoms with van der Waals surface area (Å²) in [5, 5.41) is 8.61. The fourth-order valence-electron chi connectivity index (χ4n) is 2.35. The van der Waals surface area contributed by atoms with Gasteiger partial charge < -0.3 is 5.73 Å². The molecule has 0 aliphatic heterocycles. The molecular weight excluding hydrogens is 200 g/mol. The Bertz CT molecular complexity index is 363. The van der Waals surface area contributed by atoms with Crippen LogP contribution in [0.4, 0.5) is 0 Å². The van der Waals surface area contributed by atoms with Gasteiger partial charge in [0.2, 0.25) is 0 Å². The summed E-state index contributed by atoms with van der Waals surface area (Å²) < 4.78 is 2.15. The Labute approximate surface area is 96.2 Å². The summed E-state index contributed by atoms with van der Waals surface area (Å²) in [4.78, 5) is 0. The van der Waals surface area contributed by atoms with E-state index in [0.717, 1.165) is 30.5 Å². The average molecular weight is 220 g/mol. The van der Waals surface area contributed by atoms with Crippen LogP contribution in [0.5, 0.6) is 0 Å². The van der Waals surface area contributed by atoms with Crippen molar-refractivity contribution < 1.29 is 0 Å². The predicted octanol–water partition coefficient (Wildman–Crippen LogP) is 1.46. The van der Waals surface area contributed by atoms with Crippen LogP contribution in [0.2, 0.25) is 0 Å². The summed E-state index contributed by atoms with van der Waals surface area (Å²) in [5.74, 6) is 1.70. The molecule has 0 spiro atoms. The summed E-state index contributed by atoms with van der Waals surface area (Å²) in [7, 11) is 0. The van der Waals surface area contributed by atoms with E-state index in [2.05, 4.69) is 15.0 Å².